The van der Waals surface area contributed by atoms with E-state index in [1.807, 2.05) is 36.2 Å². The van der Waals surface area contributed by atoms with Crippen LogP contribution in [0.2, 0.25) is 5.02 Å². The van der Waals surface area contributed by atoms with E-state index >= 15 is 0 Å². The van der Waals surface area contributed by atoms with E-state index in [4.69, 9.17) is 16.3 Å². The highest BCUT2D eigenvalue weighted by molar-refractivity contribution is 6.30. The van der Waals surface area contributed by atoms with Gasteiger partial charge in [-0.1, -0.05) is 23.7 Å². The average Bonchev–Trinajstić information content (AvgIpc) is 2.45. The molecule has 2 rings (SSSR count). The number of halogens is 1. The number of ether oxygens (including phenoxy) is 1. The van der Waals surface area contributed by atoms with E-state index in [9.17, 15) is 0 Å². The monoisotopic (exact) mass is 277 g/mol. The van der Waals surface area contributed by atoms with E-state index in [1.54, 1.807) is 19.4 Å². The molecule has 0 bridgehead atoms. The van der Waals surface area contributed by atoms with E-state index in [1.165, 1.54) is 0 Å². The topological polar surface area (TPSA) is 38.2 Å². The summed E-state index contributed by atoms with van der Waals surface area (Å²) in [6.07, 6.45) is 1.68. The molecule has 0 spiro atoms. The highest BCUT2D eigenvalue weighted by atomic mass is 35.5. The predicted molar refractivity (Wildman–Crippen MR) is 76.9 cm³/mol. The molecule has 0 aliphatic rings. The van der Waals surface area contributed by atoms with Crippen molar-refractivity contribution in [1.82, 2.24) is 9.97 Å². The van der Waals surface area contributed by atoms with Crippen LogP contribution in [-0.2, 0) is 0 Å². The third-order valence-corrected chi connectivity index (χ3v) is 3.29. The maximum atomic E-state index is 6.02. The molecule has 1 heterocycles. The third-order valence-electron chi connectivity index (χ3n) is 3.05. The van der Waals surface area contributed by atoms with Gasteiger partial charge in [-0.25, -0.2) is 4.98 Å². The summed E-state index contributed by atoms with van der Waals surface area (Å²) in [4.78, 5) is 10.6. The summed E-state index contributed by atoms with van der Waals surface area (Å²) in [5.41, 5.74) is 1.11. The lowest BCUT2D eigenvalue weighted by Crippen LogP contribution is -2.23. The first-order valence-corrected chi connectivity index (χ1v) is 6.35. The van der Waals surface area contributed by atoms with Gasteiger partial charge >= 0.3 is 0 Å². The minimum atomic E-state index is 0.116. The summed E-state index contributed by atoms with van der Waals surface area (Å²) in [5, 5.41) is 0.726. The van der Waals surface area contributed by atoms with E-state index in [-0.39, 0.29) is 6.04 Å². The van der Waals surface area contributed by atoms with Crippen LogP contribution >= 0.6 is 11.6 Å². The van der Waals surface area contributed by atoms with Crippen molar-refractivity contribution >= 4 is 17.5 Å². The van der Waals surface area contributed by atoms with E-state index in [0.29, 0.717) is 11.8 Å². The number of benzene rings is 1. The van der Waals surface area contributed by atoms with Crippen molar-refractivity contribution in [2.24, 2.45) is 0 Å². The smallest absolute Gasteiger partial charge is 0.228 e. The highest BCUT2D eigenvalue weighted by Crippen LogP contribution is 2.25. The molecule has 0 radical (unpaired) electrons. The molecule has 2 aromatic rings. The fourth-order valence-electron chi connectivity index (χ4n) is 1.78. The molecule has 0 aliphatic carbocycles. The van der Waals surface area contributed by atoms with Gasteiger partial charge in [0.2, 0.25) is 11.8 Å². The zero-order chi connectivity index (χ0) is 13.8. The van der Waals surface area contributed by atoms with Crippen molar-refractivity contribution in [3.8, 4) is 5.88 Å². The Hall–Kier alpha value is -1.81. The lowest BCUT2D eigenvalue weighted by atomic mass is 10.1. The molecule has 0 fully saturated rings. The number of nitrogens with zero attached hydrogens (tertiary/aromatic N) is 3. The molecule has 0 saturated carbocycles. The molecular formula is C14H16ClN3O. The summed E-state index contributed by atoms with van der Waals surface area (Å²) in [7, 11) is 3.53. The molecular weight excluding hydrogens is 262 g/mol. The molecule has 1 aromatic heterocycles. The normalized spacial score (nSPS) is 12.0. The summed E-state index contributed by atoms with van der Waals surface area (Å²) in [5.74, 6) is 1.17. The number of methoxy groups -OCH3 is 1. The number of hydrogen-bond donors (Lipinski definition) is 0. The first-order chi connectivity index (χ1) is 9.11. The van der Waals surface area contributed by atoms with Crippen LogP contribution in [0.25, 0.3) is 0 Å². The van der Waals surface area contributed by atoms with Crippen LogP contribution in [0.5, 0.6) is 5.88 Å². The second-order valence-corrected chi connectivity index (χ2v) is 4.68. The van der Waals surface area contributed by atoms with Crippen molar-refractivity contribution < 1.29 is 4.74 Å². The summed E-state index contributed by atoms with van der Waals surface area (Å²) < 4.78 is 5.11. The zero-order valence-electron chi connectivity index (χ0n) is 11.2. The first kappa shape index (κ1) is 13.6. The zero-order valence-corrected chi connectivity index (χ0v) is 11.9. The number of hydrogen-bond acceptors (Lipinski definition) is 4. The van der Waals surface area contributed by atoms with Crippen LogP contribution in [0.1, 0.15) is 18.5 Å². The number of rotatable bonds is 4. The minimum Gasteiger partial charge on any atom is -0.481 e. The van der Waals surface area contributed by atoms with Crippen LogP contribution in [0.15, 0.2) is 36.5 Å². The Morgan fingerprint density at radius 1 is 1.32 bits per heavy atom. The van der Waals surface area contributed by atoms with Gasteiger partial charge < -0.3 is 9.64 Å². The van der Waals surface area contributed by atoms with Crippen molar-refractivity contribution in [2.75, 3.05) is 19.1 Å². The van der Waals surface area contributed by atoms with Gasteiger partial charge in [-0.2, -0.15) is 4.98 Å². The Bertz CT molecular complexity index is 562. The average molecular weight is 278 g/mol. The molecule has 1 aromatic carbocycles. The lowest BCUT2D eigenvalue weighted by molar-refractivity contribution is 0.396. The highest BCUT2D eigenvalue weighted by Gasteiger charge is 2.15. The fraction of sp³-hybridized carbons (Fsp3) is 0.286. The molecule has 19 heavy (non-hydrogen) atoms. The van der Waals surface area contributed by atoms with Gasteiger partial charge in [0.25, 0.3) is 0 Å². The van der Waals surface area contributed by atoms with Crippen molar-refractivity contribution in [2.45, 2.75) is 13.0 Å². The van der Waals surface area contributed by atoms with Crippen molar-refractivity contribution in [1.29, 1.82) is 0 Å². The Kier molecular flexibility index (Phi) is 4.22. The summed E-state index contributed by atoms with van der Waals surface area (Å²) in [6, 6.07) is 9.62. The van der Waals surface area contributed by atoms with Gasteiger partial charge in [0.05, 0.1) is 13.2 Å². The SMILES string of the molecule is COc1ccnc(N(C)[C@@H](C)c2cccc(Cl)c2)n1. The quantitative estimate of drug-likeness (QED) is 0.859. The first-order valence-electron chi connectivity index (χ1n) is 5.97. The molecule has 0 saturated heterocycles. The van der Waals surface area contributed by atoms with Gasteiger partial charge in [0.15, 0.2) is 0 Å². The van der Waals surface area contributed by atoms with E-state index in [2.05, 4.69) is 16.9 Å². The molecule has 5 heteroatoms. The molecule has 0 aliphatic heterocycles. The Morgan fingerprint density at radius 3 is 2.79 bits per heavy atom. The van der Waals surface area contributed by atoms with Crippen LogP contribution < -0.4 is 9.64 Å². The fourth-order valence-corrected chi connectivity index (χ4v) is 1.98. The lowest BCUT2D eigenvalue weighted by Gasteiger charge is -2.25. The Morgan fingerprint density at radius 2 is 2.11 bits per heavy atom. The van der Waals surface area contributed by atoms with Gasteiger partial charge in [-0.05, 0) is 24.6 Å². The third kappa shape index (κ3) is 3.15. The van der Waals surface area contributed by atoms with Crippen LogP contribution in [0.3, 0.4) is 0 Å². The maximum Gasteiger partial charge on any atom is 0.228 e. The maximum absolute atomic E-state index is 6.02. The predicted octanol–water partition coefficient (Wildman–Crippen LogP) is 3.34. The second kappa shape index (κ2) is 5.89. The van der Waals surface area contributed by atoms with Crippen molar-refractivity contribution in [3.63, 3.8) is 0 Å². The largest absolute Gasteiger partial charge is 0.481 e. The van der Waals surface area contributed by atoms with Crippen LogP contribution in [-0.4, -0.2) is 24.1 Å². The van der Waals surface area contributed by atoms with Gasteiger partial charge in [-0.15, -0.1) is 0 Å². The van der Waals surface area contributed by atoms with E-state index < -0.39 is 0 Å². The standard InChI is InChI=1S/C14H16ClN3O/c1-10(11-5-4-6-12(15)9-11)18(2)14-16-8-7-13(17-14)19-3/h4-10H,1-3H3/t10-/m0/s1. The van der Waals surface area contributed by atoms with Crippen LogP contribution in [0.4, 0.5) is 5.95 Å². The van der Waals surface area contributed by atoms with Gasteiger partial charge in [0.1, 0.15) is 0 Å². The Labute approximate surface area is 118 Å². The summed E-state index contributed by atoms with van der Waals surface area (Å²) >= 11 is 6.02. The molecule has 100 valence electrons. The Balaban J connectivity index is 2.25. The molecule has 1 atom stereocenters. The van der Waals surface area contributed by atoms with Gasteiger partial charge in [0, 0.05) is 24.3 Å². The summed E-state index contributed by atoms with van der Waals surface area (Å²) in [6.45, 7) is 2.08. The second-order valence-electron chi connectivity index (χ2n) is 4.24. The minimum absolute atomic E-state index is 0.116. The molecule has 0 unspecified atom stereocenters. The number of anilines is 1. The molecule has 0 N–H and O–H groups in total. The van der Waals surface area contributed by atoms with Crippen LogP contribution in [0, 0.1) is 0 Å². The molecule has 4 nitrogen and oxygen atoms in total. The molecule has 0 amide bonds. The van der Waals surface area contributed by atoms with Crippen molar-refractivity contribution in [3.05, 3.63) is 47.1 Å². The van der Waals surface area contributed by atoms with E-state index in [0.717, 1.165) is 10.6 Å². The number of aromatic nitrogens is 2. The van der Waals surface area contributed by atoms with Gasteiger partial charge in [-0.3, -0.25) is 0 Å².